The van der Waals surface area contributed by atoms with Crippen LogP contribution in [0.25, 0.3) is 0 Å². The molecule has 0 spiro atoms. The number of aromatic nitrogens is 2. The van der Waals surface area contributed by atoms with Crippen molar-refractivity contribution < 1.29 is 4.74 Å². The molecular formula is C14H21BrN2O. The van der Waals surface area contributed by atoms with Crippen molar-refractivity contribution >= 4 is 15.9 Å². The summed E-state index contributed by atoms with van der Waals surface area (Å²) in [4.78, 5) is 8.42. The Kier molecular flexibility index (Phi) is 4.60. The van der Waals surface area contributed by atoms with Crippen LogP contribution in [0.3, 0.4) is 0 Å². The van der Waals surface area contributed by atoms with Crippen LogP contribution in [0.2, 0.25) is 0 Å². The topological polar surface area (TPSA) is 35.0 Å². The van der Waals surface area contributed by atoms with Gasteiger partial charge in [-0.3, -0.25) is 0 Å². The summed E-state index contributed by atoms with van der Waals surface area (Å²) in [6.07, 6.45) is 7.40. The Labute approximate surface area is 117 Å². The number of nitrogens with zero attached hydrogens (tertiary/aromatic N) is 2. The monoisotopic (exact) mass is 312 g/mol. The Morgan fingerprint density at radius 2 is 1.94 bits per heavy atom. The Balaban J connectivity index is 2.06. The number of rotatable bonds is 3. The van der Waals surface area contributed by atoms with Gasteiger partial charge in [0.2, 0.25) is 0 Å². The lowest BCUT2D eigenvalue weighted by atomic mass is 9.75. The highest BCUT2D eigenvalue weighted by molar-refractivity contribution is 9.10. The summed E-state index contributed by atoms with van der Waals surface area (Å²) in [6.45, 7) is 6.86. The molecule has 1 aromatic rings. The highest BCUT2D eigenvalue weighted by atomic mass is 79.9. The van der Waals surface area contributed by atoms with Gasteiger partial charge in [0.15, 0.2) is 0 Å². The van der Waals surface area contributed by atoms with Crippen LogP contribution in [-0.4, -0.2) is 16.1 Å². The second kappa shape index (κ2) is 6.00. The fourth-order valence-corrected chi connectivity index (χ4v) is 2.95. The van der Waals surface area contributed by atoms with Gasteiger partial charge in [-0.1, -0.05) is 27.2 Å². The van der Waals surface area contributed by atoms with Crippen molar-refractivity contribution in [1.29, 1.82) is 0 Å². The average molecular weight is 313 g/mol. The van der Waals surface area contributed by atoms with Crippen LogP contribution in [0.15, 0.2) is 16.9 Å². The van der Waals surface area contributed by atoms with E-state index in [1.807, 2.05) is 0 Å². The predicted octanol–water partition coefficient (Wildman–Crippen LogP) is 4.08. The van der Waals surface area contributed by atoms with Crippen molar-refractivity contribution in [2.75, 3.05) is 0 Å². The third-order valence-corrected chi connectivity index (χ3v) is 4.22. The first kappa shape index (κ1) is 13.8. The van der Waals surface area contributed by atoms with Crippen molar-refractivity contribution in [3.05, 3.63) is 16.9 Å². The molecule has 0 aliphatic heterocycles. The van der Waals surface area contributed by atoms with Crippen molar-refractivity contribution in [3.8, 4) is 6.01 Å². The second-order valence-corrected chi connectivity index (χ2v) is 6.58. The molecule has 0 radical (unpaired) electrons. The van der Waals surface area contributed by atoms with Crippen LogP contribution >= 0.6 is 15.9 Å². The Morgan fingerprint density at radius 1 is 1.28 bits per heavy atom. The van der Waals surface area contributed by atoms with Crippen LogP contribution in [0, 0.1) is 17.8 Å². The van der Waals surface area contributed by atoms with Gasteiger partial charge in [0.25, 0.3) is 0 Å². The van der Waals surface area contributed by atoms with Crippen molar-refractivity contribution in [2.45, 2.75) is 46.1 Å². The zero-order valence-electron chi connectivity index (χ0n) is 11.3. The van der Waals surface area contributed by atoms with E-state index < -0.39 is 0 Å². The molecule has 0 aromatic carbocycles. The summed E-state index contributed by atoms with van der Waals surface area (Å²) >= 11 is 3.33. The number of halogens is 1. The van der Waals surface area contributed by atoms with Gasteiger partial charge in [0, 0.05) is 12.4 Å². The number of hydrogen-bond acceptors (Lipinski definition) is 3. The predicted molar refractivity (Wildman–Crippen MR) is 75.5 cm³/mol. The molecule has 1 aromatic heterocycles. The van der Waals surface area contributed by atoms with E-state index in [-0.39, 0.29) is 6.10 Å². The molecule has 0 bridgehead atoms. The van der Waals surface area contributed by atoms with E-state index >= 15 is 0 Å². The first-order chi connectivity index (χ1) is 8.56. The maximum Gasteiger partial charge on any atom is 0.316 e. The summed E-state index contributed by atoms with van der Waals surface area (Å²) < 4.78 is 6.89. The lowest BCUT2D eigenvalue weighted by Gasteiger charge is -2.36. The van der Waals surface area contributed by atoms with Crippen LogP contribution in [-0.2, 0) is 0 Å². The molecule has 4 heteroatoms. The minimum atomic E-state index is 0.259. The van der Waals surface area contributed by atoms with Gasteiger partial charge in [-0.05, 0) is 46.5 Å². The molecule has 18 heavy (non-hydrogen) atoms. The maximum atomic E-state index is 6.01. The quantitative estimate of drug-likeness (QED) is 0.843. The highest BCUT2D eigenvalue weighted by Crippen LogP contribution is 2.35. The van der Waals surface area contributed by atoms with E-state index in [4.69, 9.17) is 4.74 Å². The molecule has 2 rings (SSSR count). The van der Waals surface area contributed by atoms with Gasteiger partial charge < -0.3 is 4.74 Å². The molecule has 1 aliphatic carbocycles. The minimum Gasteiger partial charge on any atom is -0.460 e. The summed E-state index contributed by atoms with van der Waals surface area (Å²) in [5.41, 5.74) is 0. The van der Waals surface area contributed by atoms with E-state index in [0.29, 0.717) is 17.8 Å². The summed E-state index contributed by atoms with van der Waals surface area (Å²) in [7, 11) is 0. The van der Waals surface area contributed by atoms with Gasteiger partial charge in [-0.25, -0.2) is 9.97 Å². The van der Waals surface area contributed by atoms with Crippen LogP contribution in [0.4, 0.5) is 0 Å². The van der Waals surface area contributed by atoms with Crippen molar-refractivity contribution in [3.63, 3.8) is 0 Å². The number of ether oxygens (including phenoxy) is 1. The zero-order valence-corrected chi connectivity index (χ0v) is 12.9. The first-order valence-electron chi connectivity index (χ1n) is 6.70. The molecule has 0 amide bonds. The average Bonchev–Trinajstić information content (AvgIpc) is 2.32. The third kappa shape index (κ3) is 3.44. The van der Waals surface area contributed by atoms with Gasteiger partial charge >= 0.3 is 6.01 Å². The Bertz CT molecular complexity index is 380. The van der Waals surface area contributed by atoms with E-state index in [9.17, 15) is 0 Å². The SMILES string of the molecule is CC1CCC(C(C)C)C(Oc2ncc(Br)cn2)C1. The normalized spacial score (nSPS) is 28.4. The zero-order chi connectivity index (χ0) is 13.1. The largest absolute Gasteiger partial charge is 0.460 e. The standard InChI is InChI=1S/C14H21BrN2O/c1-9(2)12-5-4-10(3)6-13(12)18-14-16-7-11(15)8-17-14/h7-10,12-13H,4-6H2,1-3H3. The van der Waals surface area contributed by atoms with Gasteiger partial charge in [0.05, 0.1) is 4.47 Å². The van der Waals surface area contributed by atoms with Gasteiger partial charge in [-0.2, -0.15) is 0 Å². The highest BCUT2D eigenvalue weighted by Gasteiger charge is 2.32. The molecule has 3 unspecified atom stereocenters. The molecule has 0 N–H and O–H groups in total. The molecule has 0 saturated heterocycles. The van der Waals surface area contributed by atoms with E-state index in [1.54, 1.807) is 12.4 Å². The second-order valence-electron chi connectivity index (χ2n) is 5.67. The molecule has 1 saturated carbocycles. The van der Waals surface area contributed by atoms with Gasteiger partial charge in [0.1, 0.15) is 6.10 Å². The Morgan fingerprint density at radius 3 is 2.56 bits per heavy atom. The minimum absolute atomic E-state index is 0.259. The first-order valence-corrected chi connectivity index (χ1v) is 7.49. The molecule has 1 heterocycles. The van der Waals surface area contributed by atoms with E-state index in [2.05, 4.69) is 46.7 Å². The van der Waals surface area contributed by atoms with Crippen molar-refractivity contribution in [2.24, 2.45) is 17.8 Å². The summed E-state index contributed by atoms with van der Waals surface area (Å²) in [5.74, 6) is 2.01. The Hall–Kier alpha value is -0.640. The van der Waals surface area contributed by atoms with E-state index in [0.717, 1.165) is 16.8 Å². The molecule has 3 atom stereocenters. The molecular weight excluding hydrogens is 292 g/mol. The lowest BCUT2D eigenvalue weighted by molar-refractivity contribution is 0.0389. The van der Waals surface area contributed by atoms with Crippen LogP contribution in [0.1, 0.15) is 40.0 Å². The van der Waals surface area contributed by atoms with Crippen molar-refractivity contribution in [1.82, 2.24) is 9.97 Å². The van der Waals surface area contributed by atoms with Crippen LogP contribution < -0.4 is 4.74 Å². The van der Waals surface area contributed by atoms with Crippen LogP contribution in [0.5, 0.6) is 6.01 Å². The maximum absolute atomic E-state index is 6.01. The molecule has 1 fully saturated rings. The molecule has 100 valence electrons. The summed E-state index contributed by atoms with van der Waals surface area (Å²) in [5, 5.41) is 0. The third-order valence-electron chi connectivity index (χ3n) is 3.81. The molecule has 3 nitrogen and oxygen atoms in total. The smallest absolute Gasteiger partial charge is 0.316 e. The summed E-state index contributed by atoms with van der Waals surface area (Å²) in [6, 6.07) is 0.503. The van der Waals surface area contributed by atoms with Gasteiger partial charge in [-0.15, -0.1) is 0 Å². The van der Waals surface area contributed by atoms with E-state index in [1.165, 1.54) is 12.8 Å². The fraction of sp³-hybridized carbons (Fsp3) is 0.714. The lowest BCUT2D eigenvalue weighted by Crippen LogP contribution is -2.36. The number of hydrogen-bond donors (Lipinski definition) is 0. The molecule has 1 aliphatic rings. The fourth-order valence-electron chi connectivity index (χ4n) is 2.75.